The Labute approximate surface area is 202 Å². The first-order valence-corrected chi connectivity index (χ1v) is 11.2. The molecule has 34 heavy (non-hydrogen) atoms. The highest BCUT2D eigenvalue weighted by Crippen LogP contribution is 2.22. The highest BCUT2D eigenvalue weighted by atomic mass is 35.5. The number of oxazole rings is 1. The average molecular weight is 481 g/mol. The van der Waals surface area contributed by atoms with Gasteiger partial charge in [0.25, 0.3) is 6.01 Å². The average Bonchev–Trinajstić information content (AvgIpc) is 3.30. The van der Waals surface area contributed by atoms with Gasteiger partial charge in [0.15, 0.2) is 11.7 Å². The first kappa shape index (κ1) is 23.4. The van der Waals surface area contributed by atoms with Crippen molar-refractivity contribution < 1.29 is 23.4 Å². The Hall–Kier alpha value is -3.71. The zero-order valence-electron chi connectivity index (χ0n) is 18.9. The molecule has 3 aromatic carbocycles. The first-order valence-electron chi connectivity index (χ1n) is 10.8. The number of likely N-dealkylation sites (N-methyl/N-ethyl adjacent to an activating group) is 1. The lowest BCUT2D eigenvalue weighted by Crippen LogP contribution is -2.30. The highest BCUT2D eigenvalue weighted by Gasteiger charge is 2.22. The topological polar surface area (TPSA) is 74.0 Å². The zero-order valence-corrected chi connectivity index (χ0v) is 19.7. The molecule has 0 aliphatic rings. The molecule has 0 saturated heterocycles. The van der Waals surface area contributed by atoms with Crippen LogP contribution in [-0.2, 0) is 16.0 Å². The van der Waals surface area contributed by atoms with Crippen LogP contribution < -0.4 is 14.4 Å². The molecule has 4 aromatic rings. The van der Waals surface area contributed by atoms with Crippen molar-refractivity contribution in [3.05, 3.63) is 83.4 Å². The van der Waals surface area contributed by atoms with Crippen LogP contribution in [0.3, 0.4) is 0 Å². The number of hydrogen-bond acceptors (Lipinski definition) is 7. The Morgan fingerprint density at radius 2 is 1.74 bits per heavy atom. The molecule has 1 atom stereocenters. The molecular formula is C26H25ClN2O5. The van der Waals surface area contributed by atoms with Gasteiger partial charge in [-0.25, -0.2) is 4.79 Å². The number of ether oxygens (including phenoxy) is 3. The third kappa shape index (κ3) is 5.99. The number of esters is 1. The summed E-state index contributed by atoms with van der Waals surface area (Å²) in [5.41, 5.74) is 2.50. The number of halogens is 1. The number of hydrogen-bond donors (Lipinski definition) is 0. The molecule has 0 amide bonds. The third-order valence-corrected chi connectivity index (χ3v) is 5.46. The van der Waals surface area contributed by atoms with Crippen LogP contribution in [0.25, 0.3) is 11.1 Å². The van der Waals surface area contributed by atoms with E-state index in [9.17, 15) is 4.79 Å². The molecule has 8 heteroatoms. The summed E-state index contributed by atoms with van der Waals surface area (Å²) in [4.78, 5) is 18.6. The highest BCUT2D eigenvalue weighted by molar-refractivity contribution is 6.30. The molecule has 1 unspecified atom stereocenters. The molecule has 7 nitrogen and oxygen atoms in total. The van der Waals surface area contributed by atoms with Gasteiger partial charge >= 0.3 is 5.97 Å². The SMILES string of the molecule is COC(=O)C(Cc1ccc(OCCN(C)c2nc3ccccc3o2)cc1)Oc1ccc(Cl)cc1. The number of aromatic nitrogens is 1. The molecule has 0 N–H and O–H groups in total. The summed E-state index contributed by atoms with van der Waals surface area (Å²) in [6.07, 6.45) is -0.418. The summed E-state index contributed by atoms with van der Waals surface area (Å²) in [6.45, 7) is 1.06. The smallest absolute Gasteiger partial charge is 0.347 e. The lowest BCUT2D eigenvalue weighted by atomic mass is 10.1. The normalized spacial score (nSPS) is 11.7. The van der Waals surface area contributed by atoms with Crippen molar-refractivity contribution >= 4 is 34.7 Å². The molecular weight excluding hydrogens is 456 g/mol. The largest absolute Gasteiger partial charge is 0.492 e. The summed E-state index contributed by atoms with van der Waals surface area (Å²) in [7, 11) is 3.25. The van der Waals surface area contributed by atoms with Gasteiger partial charge < -0.3 is 23.5 Å². The van der Waals surface area contributed by atoms with E-state index >= 15 is 0 Å². The molecule has 0 radical (unpaired) electrons. The Morgan fingerprint density at radius 1 is 1.03 bits per heavy atom. The maximum absolute atomic E-state index is 12.2. The van der Waals surface area contributed by atoms with Crippen molar-refractivity contribution in [3.63, 3.8) is 0 Å². The number of carbonyl (C=O) groups is 1. The Bertz CT molecular complexity index is 1190. The minimum absolute atomic E-state index is 0.357. The van der Waals surface area contributed by atoms with Crippen LogP contribution >= 0.6 is 11.6 Å². The molecule has 176 valence electrons. The number of fused-ring (bicyclic) bond motifs is 1. The van der Waals surface area contributed by atoms with Gasteiger partial charge in [-0.05, 0) is 54.1 Å². The van der Waals surface area contributed by atoms with E-state index in [1.165, 1.54) is 7.11 Å². The van der Waals surface area contributed by atoms with Gasteiger partial charge in [0.2, 0.25) is 0 Å². The Balaban J connectivity index is 1.30. The molecule has 0 fully saturated rings. The summed E-state index contributed by atoms with van der Waals surface area (Å²) < 4.78 is 22.4. The molecule has 0 aliphatic heterocycles. The minimum atomic E-state index is -0.775. The second-order valence-corrected chi connectivity index (χ2v) is 8.10. The summed E-state index contributed by atoms with van der Waals surface area (Å²) in [5, 5.41) is 0.595. The van der Waals surface area contributed by atoms with E-state index in [4.69, 9.17) is 30.2 Å². The number of benzene rings is 3. The van der Waals surface area contributed by atoms with Crippen molar-refractivity contribution in [2.45, 2.75) is 12.5 Å². The Kier molecular flexibility index (Phi) is 7.54. The van der Waals surface area contributed by atoms with Crippen LogP contribution in [0.1, 0.15) is 5.56 Å². The quantitative estimate of drug-likeness (QED) is 0.290. The van der Waals surface area contributed by atoms with Crippen LogP contribution in [0.5, 0.6) is 11.5 Å². The van der Waals surface area contributed by atoms with Crippen LogP contribution in [0.4, 0.5) is 6.01 Å². The van der Waals surface area contributed by atoms with Gasteiger partial charge in [0, 0.05) is 18.5 Å². The van der Waals surface area contributed by atoms with E-state index < -0.39 is 12.1 Å². The van der Waals surface area contributed by atoms with E-state index in [0.29, 0.717) is 36.4 Å². The fourth-order valence-electron chi connectivity index (χ4n) is 3.34. The third-order valence-electron chi connectivity index (χ3n) is 5.21. The molecule has 1 aromatic heterocycles. The molecule has 1 heterocycles. The fourth-order valence-corrected chi connectivity index (χ4v) is 3.46. The second kappa shape index (κ2) is 10.9. The van der Waals surface area contributed by atoms with Crippen molar-refractivity contribution in [2.75, 3.05) is 32.2 Å². The maximum Gasteiger partial charge on any atom is 0.347 e. The van der Waals surface area contributed by atoms with Gasteiger partial charge in [-0.1, -0.05) is 35.9 Å². The fraction of sp³-hybridized carbons (Fsp3) is 0.231. The molecule has 4 rings (SSSR count). The van der Waals surface area contributed by atoms with Crippen LogP contribution in [0, 0.1) is 0 Å². The van der Waals surface area contributed by atoms with Crippen LogP contribution in [0.15, 0.2) is 77.2 Å². The maximum atomic E-state index is 12.2. The standard InChI is InChI=1S/C26H25ClN2O5/c1-29(26-28-22-5-3-4-6-23(22)34-26)15-16-32-20-11-7-18(8-12-20)17-24(25(30)31-2)33-21-13-9-19(27)10-14-21/h3-14,24H,15-17H2,1-2H3. The predicted molar refractivity (Wildman–Crippen MR) is 131 cm³/mol. The van der Waals surface area contributed by atoms with Crippen LogP contribution in [-0.4, -0.2) is 44.4 Å². The number of para-hydroxylation sites is 2. The number of carbonyl (C=O) groups excluding carboxylic acids is 1. The van der Waals surface area contributed by atoms with Gasteiger partial charge in [0.1, 0.15) is 23.6 Å². The molecule has 0 saturated carbocycles. The monoisotopic (exact) mass is 480 g/mol. The van der Waals surface area contributed by atoms with Crippen molar-refractivity contribution in [1.29, 1.82) is 0 Å². The number of rotatable bonds is 10. The minimum Gasteiger partial charge on any atom is -0.492 e. The van der Waals surface area contributed by atoms with Gasteiger partial charge in [-0.3, -0.25) is 0 Å². The molecule has 0 spiro atoms. The van der Waals surface area contributed by atoms with Crippen molar-refractivity contribution in [2.24, 2.45) is 0 Å². The number of anilines is 1. The Morgan fingerprint density at radius 3 is 2.44 bits per heavy atom. The first-order chi connectivity index (χ1) is 16.5. The lowest BCUT2D eigenvalue weighted by Gasteiger charge is -2.17. The van der Waals surface area contributed by atoms with E-state index in [0.717, 1.165) is 22.4 Å². The lowest BCUT2D eigenvalue weighted by molar-refractivity contribution is -0.148. The van der Waals surface area contributed by atoms with Gasteiger partial charge in [-0.2, -0.15) is 4.98 Å². The van der Waals surface area contributed by atoms with E-state index in [1.54, 1.807) is 24.3 Å². The molecule has 0 bridgehead atoms. The predicted octanol–water partition coefficient (Wildman–Crippen LogP) is 5.16. The van der Waals surface area contributed by atoms with Crippen molar-refractivity contribution in [3.8, 4) is 11.5 Å². The van der Waals surface area contributed by atoms with Gasteiger partial charge in [0.05, 0.1) is 13.7 Å². The zero-order chi connectivity index (χ0) is 23.9. The van der Waals surface area contributed by atoms with Gasteiger partial charge in [-0.15, -0.1) is 0 Å². The summed E-state index contributed by atoms with van der Waals surface area (Å²) in [6, 6.07) is 22.6. The molecule has 0 aliphatic carbocycles. The van der Waals surface area contributed by atoms with Crippen LogP contribution in [0.2, 0.25) is 5.02 Å². The van der Waals surface area contributed by atoms with E-state index in [-0.39, 0.29) is 0 Å². The summed E-state index contributed by atoms with van der Waals surface area (Å²) in [5.74, 6) is 0.822. The summed E-state index contributed by atoms with van der Waals surface area (Å²) >= 11 is 5.91. The second-order valence-electron chi connectivity index (χ2n) is 7.67. The van der Waals surface area contributed by atoms with Crippen molar-refractivity contribution in [1.82, 2.24) is 4.98 Å². The van der Waals surface area contributed by atoms with E-state index in [2.05, 4.69) is 4.98 Å². The number of methoxy groups -OCH3 is 1. The van der Waals surface area contributed by atoms with E-state index in [1.807, 2.05) is 60.5 Å². The number of nitrogens with zero attached hydrogens (tertiary/aromatic N) is 2.